The van der Waals surface area contributed by atoms with Crippen LogP contribution in [0.2, 0.25) is 0 Å². The van der Waals surface area contributed by atoms with Crippen molar-refractivity contribution >= 4 is 15.9 Å². The minimum Gasteiger partial charge on any atom is -0.453 e. The molecule has 102 valence electrons. The summed E-state index contributed by atoms with van der Waals surface area (Å²) in [6.45, 7) is 5.18. The van der Waals surface area contributed by atoms with Gasteiger partial charge in [-0.1, -0.05) is 19.8 Å². The quantitative estimate of drug-likeness (QED) is 0.903. The molecule has 1 fully saturated rings. The smallest absolute Gasteiger partial charge is 0.169 e. The van der Waals surface area contributed by atoms with Crippen molar-refractivity contribution in [3.8, 4) is 0 Å². The van der Waals surface area contributed by atoms with Crippen molar-refractivity contribution in [3.05, 3.63) is 22.6 Å². The molecular formula is C14H23BrN2O. The number of likely N-dealkylation sites (tertiary alicyclic amines) is 1. The highest BCUT2D eigenvalue weighted by Gasteiger charge is 2.26. The van der Waals surface area contributed by atoms with E-state index in [4.69, 9.17) is 10.2 Å². The van der Waals surface area contributed by atoms with Crippen molar-refractivity contribution < 1.29 is 4.42 Å². The molecule has 1 aromatic rings. The van der Waals surface area contributed by atoms with Crippen molar-refractivity contribution in [2.24, 2.45) is 11.7 Å². The Morgan fingerprint density at radius 2 is 2.17 bits per heavy atom. The first kappa shape index (κ1) is 14.1. The fourth-order valence-corrected chi connectivity index (χ4v) is 3.23. The summed E-state index contributed by atoms with van der Waals surface area (Å²) in [4.78, 5) is 2.47. The molecular weight excluding hydrogens is 292 g/mol. The Morgan fingerprint density at radius 3 is 2.67 bits per heavy atom. The summed E-state index contributed by atoms with van der Waals surface area (Å²) in [7, 11) is 0. The van der Waals surface area contributed by atoms with Gasteiger partial charge in [-0.05, 0) is 59.9 Å². The summed E-state index contributed by atoms with van der Waals surface area (Å²) in [5.74, 6) is 1.89. The summed E-state index contributed by atoms with van der Waals surface area (Å²) < 4.78 is 6.45. The predicted molar refractivity (Wildman–Crippen MR) is 77.4 cm³/mol. The Bertz CT molecular complexity index is 358. The third-order valence-electron chi connectivity index (χ3n) is 3.93. The van der Waals surface area contributed by atoms with Gasteiger partial charge in [-0.15, -0.1) is 0 Å². The summed E-state index contributed by atoms with van der Waals surface area (Å²) >= 11 is 3.36. The van der Waals surface area contributed by atoms with E-state index in [2.05, 4.69) is 27.8 Å². The zero-order valence-corrected chi connectivity index (χ0v) is 12.7. The third-order valence-corrected chi connectivity index (χ3v) is 4.36. The van der Waals surface area contributed by atoms with Gasteiger partial charge >= 0.3 is 0 Å². The lowest BCUT2D eigenvalue weighted by Gasteiger charge is -2.36. The maximum atomic E-state index is 5.92. The van der Waals surface area contributed by atoms with Gasteiger partial charge in [-0.3, -0.25) is 4.90 Å². The van der Waals surface area contributed by atoms with Crippen LogP contribution in [0, 0.1) is 5.92 Å². The monoisotopic (exact) mass is 314 g/mol. The first-order chi connectivity index (χ1) is 8.74. The van der Waals surface area contributed by atoms with Gasteiger partial charge in [0.15, 0.2) is 4.67 Å². The van der Waals surface area contributed by atoms with Crippen LogP contribution in [-0.4, -0.2) is 24.5 Å². The van der Waals surface area contributed by atoms with Crippen molar-refractivity contribution in [2.45, 2.75) is 38.6 Å². The first-order valence-corrected chi connectivity index (χ1v) is 7.73. The maximum absolute atomic E-state index is 5.92. The minimum absolute atomic E-state index is 0.235. The highest BCUT2D eigenvalue weighted by molar-refractivity contribution is 9.10. The van der Waals surface area contributed by atoms with Crippen LogP contribution in [0.15, 0.2) is 21.2 Å². The molecule has 0 saturated carbocycles. The van der Waals surface area contributed by atoms with E-state index >= 15 is 0 Å². The first-order valence-electron chi connectivity index (χ1n) is 6.94. The van der Waals surface area contributed by atoms with Crippen LogP contribution in [0.5, 0.6) is 0 Å². The molecule has 1 unspecified atom stereocenters. The Labute approximate surface area is 118 Å². The van der Waals surface area contributed by atoms with Crippen LogP contribution in [0.25, 0.3) is 0 Å². The molecule has 1 aliphatic heterocycles. The largest absolute Gasteiger partial charge is 0.453 e. The normalized spacial score (nSPS) is 20.2. The molecule has 4 heteroatoms. The lowest BCUT2D eigenvalue weighted by molar-refractivity contribution is 0.118. The van der Waals surface area contributed by atoms with Crippen molar-refractivity contribution in [1.82, 2.24) is 4.90 Å². The van der Waals surface area contributed by atoms with Crippen LogP contribution in [-0.2, 0) is 0 Å². The van der Waals surface area contributed by atoms with Gasteiger partial charge in [0.1, 0.15) is 5.76 Å². The van der Waals surface area contributed by atoms with Gasteiger partial charge in [-0.2, -0.15) is 0 Å². The molecule has 1 atom stereocenters. The average Bonchev–Trinajstić information content (AvgIpc) is 2.79. The van der Waals surface area contributed by atoms with E-state index in [0.29, 0.717) is 6.54 Å². The highest BCUT2D eigenvalue weighted by atomic mass is 79.9. The molecule has 0 aromatic carbocycles. The van der Waals surface area contributed by atoms with E-state index in [1.807, 2.05) is 12.1 Å². The standard InChI is InChI=1S/C14H23BrN2O/c1-2-3-11-6-8-17(9-7-11)12(10-16)13-4-5-14(15)18-13/h4-5,11-12H,2-3,6-10,16H2,1H3. The number of furan rings is 1. The molecule has 1 aromatic heterocycles. The van der Waals surface area contributed by atoms with Crippen LogP contribution < -0.4 is 5.73 Å². The molecule has 1 aliphatic rings. The topological polar surface area (TPSA) is 42.4 Å². The second-order valence-corrected chi connectivity index (χ2v) is 5.94. The molecule has 2 heterocycles. The zero-order valence-electron chi connectivity index (χ0n) is 11.1. The Hall–Kier alpha value is -0.320. The van der Waals surface area contributed by atoms with Crippen LogP contribution in [0.3, 0.4) is 0 Å². The second-order valence-electron chi connectivity index (χ2n) is 5.16. The number of hydrogen-bond donors (Lipinski definition) is 1. The van der Waals surface area contributed by atoms with E-state index in [9.17, 15) is 0 Å². The number of nitrogens with two attached hydrogens (primary N) is 1. The van der Waals surface area contributed by atoms with Gasteiger partial charge in [0.2, 0.25) is 0 Å². The number of hydrogen-bond acceptors (Lipinski definition) is 3. The van der Waals surface area contributed by atoms with Gasteiger partial charge in [0, 0.05) is 6.54 Å². The van der Waals surface area contributed by atoms with E-state index in [0.717, 1.165) is 29.4 Å². The molecule has 0 bridgehead atoms. The van der Waals surface area contributed by atoms with E-state index in [1.54, 1.807) is 0 Å². The number of nitrogens with zero attached hydrogens (tertiary/aromatic N) is 1. The van der Waals surface area contributed by atoms with Crippen molar-refractivity contribution in [1.29, 1.82) is 0 Å². The zero-order chi connectivity index (χ0) is 13.0. The SMILES string of the molecule is CCCC1CCN(C(CN)c2ccc(Br)o2)CC1. The molecule has 0 amide bonds. The molecule has 2 rings (SSSR count). The molecule has 2 N–H and O–H groups in total. The molecule has 1 saturated heterocycles. The second kappa shape index (κ2) is 6.73. The molecule has 0 spiro atoms. The van der Waals surface area contributed by atoms with E-state index in [1.165, 1.54) is 25.7 Å². The van der Waals surface area contributed by atoms with Gasteiger partial charge in [-0.25, -0.2) is 0 Å². The van der Waals surface area contributed by atoms with Crippen molar-refractivity contribution in [3.63, 3.8) is 0 Å². The predicted octanol–water partition coefficient (Wildman–Crippen LogP) is 3.55. The van der Waals surface area contributed by atoms with Crippen molar-refractivity contribution in [2.75, 3.05) is 19.6 Å². The summed E-state index contributed by atoms with van der Waals surface area (Å²) in [5.41, 5.74) is 5.92. The summed E-state index contributed by atoms with van der Waals surface area (Å²) in [6.07, 6.45) is 5.27. The fourth-order valence-electron chi connectivity index (χ4n) is 2.91. The van der Waals surface area contributed by atoms with Gasteiger partial charge < -0.3 is 10.2 Å². The lowest BCUT2D eigenvalue weighted by atomic mass is 9.91. The summed E-state index contributed by atoms with van der Waals surface area (Å²) in [5, 5.41) is 0. The summed E-state index contributed by atoms with van der Waals surface area (Å²) in [6, 6.07) is 4.21. The maximum Gasteiger partial charge on any atom is 0.169 e. The molecule has 0 aliphatic carbocycles. The highest BCUT2D eigenvalue weighted by Crippen LogP contribution is 2.30. The van der Waals surface area contributed by atoms with Gasteiger partial charge in [0.05, 0.1) is 6.04 Å². The van der Waals surface area contributed by atoms with E-state index in [-0.39, 0.29) is 6.04 Å². The molecule has 18 heavy (non-hydrogen) atoms. The fraction of sp³-hybridized carbons (Fsp3) is 0.714. The van der Waals surface area contributed by atoms with Crippen LogP contribution in [0.4, 0.5) is 0 Å². The Kier molecular flexibility index (Phi) is 5.27. The van der Waals surface area contributed by atoms with Crippen LogP contribution in [0.1, 0.15) is 44.4 Å². The van der Waals surface area contributed by atoms with Crippen LogP contribution >= 0.6 is 15.9 Å². The number of piperidine rings is 1. The minimum atomic E-state index is 0.235. The van der Waals surface area contributed by atoms with E-state index < -0.39 is 0 Å². The lowest BCUT2D eigenvalue weighted by Crippen LogP contribution is -2.39. The third kappa shape index (κ3) is 3.37. The Morgan fingerprint density at radius 1 is 1.44 bits per heavy atom. The molecule has 0 radical (unpaired) electrons. The molecule has 3 nitrogen and oxygen atoms in total. The average molecular weight is 315 g/mol. The van der Waals surface area contributed by atoms with Gasteiger partial charge in [0.25, 0.3) is 0 Å². The number of halogens is 1. The Balaban J connectivity index is 1.94. The number of rotatable bonds is 5.